The molecule has 1 unspecified atom stereocenters. The highest BCUT2D eigenvalue weighted by Crippen LogP contribution is 2.37. The predicted molar refractivity (Wildman–Crippen MR) is 137 cm³/mol. The molecule has 0 spiro atoms. The molecule has 33 heavy (non-hydrogen) atoms. The number of amides is 2. The van der Waals surface area contributed by atoms with Gasteiger partial charge in [0.1, 0.15) is 11.1 Å². The van der Waals surface area contributed by atoms with Crippen LogP contribution in [0.4, 0.5) is 15.8 Å². The van der Waals surface area contributed by atoms with Gasteiger partial charge in [-0.1, -0.05) is 73.1 Å². The molecule has 0 aliphatic heterocycles. The van der Waals surface area contributed by atoms with Gasteiger partial charge in [-0.25, -0.2) is 4.39 Å². The maximum atomic E-state index is 14.3. The first-order valence-corrected chi connectivity index (χ1v) is 12.2. The quantitative estimate of drug-likeness (QED) is 0.313. The molecule has 0 heterocycles. The predicted octanol–water partition coefficient (Wildman–Crippen LogP) is 7.44. The van der Waals surface area contributed by atoms with E-state index in [-0.39, 0.29) is 22.9 Å². The van der Waals surface area contributed by atoms with E-state index in [1.54, 1.807) is 6.07 Å². The van der Waals surface area contributed by atoms with Gasteiger partial charge in [0, 0.05) is 21.5 Å². The number of carbonyl (C=O) groups excluding carboxylic acids is 2. The third-order valence-corrected chi connectivity index (χ3v) is 6.33. The van der Waals surface area contributed by atoms with Crippen LogP contribution >= 0.6 is 27.7 Å². The number of nitrogens with one attached hydrogen (secondary N) is 2. The molecule has 3 aromatic carbocycles. The topological polar surface area (TPSA) is 58.2 Å². The minimum Gasteiger partial charge on any atom is -0.326 e. The molecule has 0 saturated carbocycles. The van der Waals surface area contributed by atoms with Gasteiger partial charge in [-0.3, -0.25) is 9.59 Å². The lowest BCUT2D eigenvalue weighted by atomic mass is 9.92. The summed E-state index contributed by atoms with van der Waals surface area (Å²) in [7, 11) is 0. The standard InChI is InChI=1S/C26H26BrFN2O2S/c1-26(2,3)16-23(31)29-19-10-7-11-20(15-19)33-24(17-8-5-4-6-9-17)25(32)30-22-13-12-18(27)14-21(22)28/h4-15,24H,16H2,1-3H3,(H,29,31)(H,30,32). The molecule has 2 amide bonds. The fraction of sp³-hybridized carbons (Fsp3) is 0.231. The van der Waals surface area contributed by atoms with Crippen LogP contribution in [0.5, 0.6) is 0 Å². The molecule has 3 rings (SSSR count). The Morgan fingerprint density at radius 3 is 2.36 bits per heavy atom. The Hall–Kier alpha value is -2.64. The van der Waals surface area contributed by atoms with Gasteiger partial charge in [0.25, 0.3) is 0 Å². The summed E-state index contributed by atoms with van der Waals surface area (Å²) in [5.74, 6) is -0.916. The van der Waals surface area contributed by atoms with Gasteiger partial charge in [0.15, 0.2) is 0 Å². The van der Waals surface area contributed by atoms with E-state index >= 15 is 0 Å². The van der Waals surface area contributed by atoms with Crippen LogP contribution in [0.15, 0.2) is 82.2 Å². The monoisotopic (exact) mass is 528 g/mol. The molecule has 1 atom stereocenters. The molecule has 0 aliphatic carbocycles. The van der Waals surface area contributed by atoms with Gasteiger partial charge in [-0.2, -0.15) is 0 Å². The molecule has 4 nitrogen and oxygen atoms in total. The lowest BCUT2D eigenvalue weighted by molar-refractivity contribution is -0.118. The first kappa shape index (κ1) is 25.0. The van der Waals surface area contributed by atoms with E-state index in [9.17, 15) is 14.0 Å². The Morgan fingerprint density at radius 2 is 1.70 bits per heavy atom. The first-order valence-electron chi connectivity index (χ1n) is 10.5. The van der Waals surface area contributed by atoms with Gasteiger partial charge in [0.05, 0.1) is 5.69 Å². The van der Waals surface area contributed by atoms with Crippen molar-refractivity contribution in [2.45, 2.75) is 37.3 Å². The van der Waals surface area contributed by atoms with Crippen LogP contribution < -0.4 is 10.6 Å². The lowest BCUT2D eigenvalue weighted by Crippen LogP contribution is -2.20. The highest BCUT2D eigenvalue weighted by Gasteiger charge is 2.23. The summed E-state index contributed by atoms with van der Waals surface area (Å²) in [4.78, 5) is 26.3. The largest absolute Gasteiger partial charge is 0.326 e. The van der Waals surface area contributed by atoms with Crippen molar-refractivity contribution < 1.29 is 14.0 Å². The van der Waals surface area contributed by atoms with E-state index in [2.05, 4.69) is 26.6 Å². The summed E-state index contributed by atoms with van der Waals surface area (Å²) >= 11 is 4.56. The van der Waals surface area contributed by atoms with E-state index in [0.29, 0.717) is 16.6 Å². The Labute approximate surface area is 206 Å². The maximum absolute atomic E-state index is 14.3. The number of halogens is 2. The number of carbonyl (C=O) groups is 2. The van der Waals surface area contributed by atoms with Crippen molar-refractivity contribution in [2.75, 3.05) is 10.6 Å². The molecule has 0 aliphatic rings. The summed E-state index contributed by atoms with van der Waals surface area (Å²) < 4.78 is 14.9. The summed E-state index contributed by atoms with van der Waals surface area (Å²) in [6, 6.07) is 21.2. The van der Waals surface area contributed by atoms with Crippen molar-refractivity contribution in [1.29, 1.82) is 0 Å². The van der Waals surface area contributed by atoms with E-state index in [0.717, 1.165) is 10.5 Å². The average molecular weight is 529 g/mol. The number of anilines is 2. The fourth-order valence-electron chi connectivity index (χ4n) is 3.16. The van der Waals surface area contributed by atoms with Crippen LogP contribution in [0.3, 0.4) is 0 Å². The van der Waals surface area contributed by atoms with Crippen LogP contribution in [0.1, 0.15) is 38.0 Å². The van der Waals surface area contributed by atoms with Gasteiger partial charge in [-0.05, 0) is 47.4 Å². The van der Waals surface area contributed by atoms with Crippen LogP contribution in [0.25, 0.3) is 0 Å². The summed E-state index contributed by atoms with van der Waals surface area (Å²) in [6.45, 7) is 6.03. The smallest absolute Gasteiger partial charge is 0.242 e. The first-order chi connectivity index (χ1) is 15.6. The molecule has 0 radical (unpaired) electrons. The SMILES string of the molecule is CC(C)(C)CC(=O)Nc1cccc(SC(C(=O)Nc2ccc(Br)cc2F)c2ccccc2)c1. The van der Waals surface area contributed by atoms with Crippen molar-refractivity contribution in [3.63, 3.8) is 0 Å². The summed E-state index contributed by atoms with van der Waals surface area (Å²) in [5.41, 5.74) is 1.46. The number of thioether (sulfide) groups is 1. The van der Waals surface area contributed by atoms with Crippen molar-refractivity contribution in [3.05, 3.63) is 88.6 Å². The van der Waals surface area contributed by atoms with Gasteiger partial charge >= 0.3 is 0 Å². The average Bonchev–Trinajstić information content (AvgIpc) is 2.73. The van der Waals surface area contributed by atoms with E-state index < -0.39 is 11.1 Å². The van der Waals surface area contributed by atoms with E-state index in [1.165, 1.54) is 23.9 Å². The number of rotatable bonds is 7. The van der Waals surface area contributed by atoms with Crippen LogP contribution in [-0.4, -0.2) is 11.8 Å². The fourth-order valence-corrected chi connectivity index (χ4v) is 4.58. The van der Waals surface area contributed by atoms with Crippen molar-refractivity contribution in [1.82, 2.24) is 0 Å². The normalized spacial score (nSPS) is 12.2. The molecule has 0 fully saturated rings. The number of hydrogen-bond donors (Lipinski definition) is 2. The Bertz CT molecular complexity index is 1130. The van der Waals surface area contributed by atoms with E-state index in [1.807, 2.05) is 75.4 Å². The molecule has 0 saturated heterocycles. The molecular weight excluding hydrogens is 503 g/mol. The minimum atomic E-state index is -0.616. The van der Waals surface area contributed by atoms with Crippen LogP contribution in [0, 0.1) is 11.2 Å². The van der Waals surface area contributed by atoms with Crippen molar-refractivity contribution >= 4 is 50.9 Å². The Kier molecular flexibility index (Phi) is 8.32. The summed E-state index contributed by atoms with van der Waals surface area (Å²) in [6.07, 6.45) is 0.401. The van der Waals surface area contributed by atoms with Gasteiger partial charge in [-0.15, -0.1) is 11.8 Å². The second-order valence-corrected chi connectivity index (χ2v) is 10.9. The zero-order chi connectivity index (χ0) is 24.0. The highest BCUT2D eigenvalue weighted by molar-refractivity contribution is 9.10. The maximum Gasteiger partial charge on any atom is 0.242 e. The van der Waals surface area contributed by atoms with Crippen LogP contribution in [0.2, 0.25) is 0 Å². The summed E-state index contributed by atoms with van der Waals surface area (Å²) in [5, 5.41) is 5.01. The molecule has 172 valence electrons. The van der Waals surface area contributed by atoms with Crippen molar-refractivity contribution in [3.8, 4) is 0 Å². The molecule has 2 N–H and O–H groups in total. The zero-order valence-electron chi connectivity index (χ0n) is 18.7. The zero-order valence-corrected chi connectivity index (χ0v) is 21.1. The van der Waals surface area contributed by atoms with Crippen LogP contribution in [-0.2, 0) is 9.59 Å². The highest BCUT2D eigenvalue weighted by atomic mass is 79.9. The van der Waals surface area contributed by atoms with Gasteiger partial charge in [0.2, 0.25) is 11.8 Å². The molecule has 3 aromatic rings. The Morgan fingerprint density at radius 1 is 0.970 bits per heavy atom. The molecule has 0 aromatic heterocycles. The van der Waals surface area contributed by atoms with E-state index in [4.69, 9.17) is 0 Å². The molecule has 7 heteroatoms. The number of hydrogen-bond acceptors (Lipinski definition) is 3. The Balaban J connectivity index is 1.81. The molecular formula is C26H26BrFN2O2S. The number of benzene rings is 3. The lowest BCUT2D eigenvalue weighted by Gasteiger charge is -2.19. The second-order valence-electron chi connectivity index (χ2n) is 8.84. The molecule has 0 bridgehead atoms. The minimum absolute atomic E-state index is 0.0623. The third-order valence-electron chi connectivity index (χ3n) is 4.59. The van der Waals surface area contributed by atoms with Crippen molar-refractivity contribution in [2.24, 2.45) is 5.41 Å². The van der Waals surface area contributed by atoms with Gasteiger partial charge < -0.3 is 10.6 Å². The third kappa shape index (κ3) is 7.72. The second kappa shape index (κ2) is 11.0.